The Kier molecular flexibility index (Phi) is 4.09. The number of carbonyl (C=O) groups is 2. The van der Waals surface area contributed by atoms with Gasteiger partial charge in [-0.05, 0) is 33.6 Å². The molecule has 1 N–H and O–H groups in total. The maximum absolute atomic E-state index is 12.9. The van der Waals surface area contributed by atoms with Gasteiger partial charge in [0.25, 0.3) is 5.56 Å². The summed E-state index contributed by atoms with van der Waals surface area (Å²) in [6.45, 7) is 6.16. The molecule has 0 aliphatic carbocycles. The fraction of sp³-hybridized carbons (Fsp3) is 0.579. The van der Waals surface area contributed by atoms with Crippen LogP contribution >= 0.6 is 0 Å². The third-order valence-electron chi connectivity index (χ3n) is 5.40. The van der Waals surface area contributed by atoms with E-state index in [1.54, 1.807) is 11.8 Å². The number of cyclic esters (lactones) is 1. The molecule has 0 radical (unpaired) electrons. The number of nitrogens with zero attached hydrogens (tertiary/aromatic N) is 3. The van der Waals surface area contributed by atoms with E-state index in [4.69, 9.17) is 4.74 Å². The number of H-pyrrole nitrogens is 1. The van der Waals surface area contributed by atoms with Gasteiger partial charge in [-0.15, -0.1) is 0 Å². The number of ether oxygens (including phenoxy) is 1. The lowest BCUT2D eigenvalue weighted by Crippen LogP contribution is -2.33. The van der Waals surface area contributed by atoms with Crippen molar-refractivity contribution in [1.82, 2.24) is 19.5 Å². The Morgan fingerprint density at radius 1 is 1.37 bits per heavy atom. The maximum Gasteiger partial charge on any atom is 0.310 e. The summed E-state index contributed by atoms with van der Waals surface area (Å²) in [6.07, 6.45) is 2.41. The fourth-order valence-corrected chi connectivity index (χ4v) is 4.25. The van der Waals surface area contributed by atoms with Crippen molar-refractivity contribution in [3.63, 3.8) is 0 Å². The smallest absolute Gasteiger partial charge is 0.310 e. The highest BCUT2D eigenvalue weighted by Crippen LogP contribution is 2.36. The van der Waals surface area contributed by atoms with Crippen LogP contribution in [0.2, 0.25) is 0 Å². The zero-order valence-electron chi connectivity index (χ0n) is 15.8. The molecule has 0 saturated carbocycles. The highest BCUT2D eigenvalue weighted by molar-refractivity contribution is 5.84. The van der Waals surface area contributed by atoms with Crippen LogP contribution in [0.5, 0.6) is 0 Å². The minimum Gasteiger partial charge on any atom is -0.459 e. The van der Waals surface area contributed by atoms with E-state index in [0.29, 0.717) is 24.3 Å². The second-order valence-corrected chi connectivity index (χ2v) is 8.17. The van der Waals surface area contributed by atoms with Gasteiger partial charge in [0.05, 0.1) is 17.7 Å². The molecule has 2 atom stereocenters. The molecule has 144 valence electrons. The normalized spacial score (nSPS) is 24.6. The first-order chi connectivity index (χ1) is 12.7. The highest BCUT2D eigenvalue weighted by Gasteiger charge is 2.42. The third-order valence-corrected chi connectivity index (χ3v) is 5.40. The van der Waals surface area contributed by atoms with Crippen molar-refractivity contribution < 1.29 is 14.3 Å². The Labute approximate surface area is 156 Å². The first-order valence-electron chi connectivity index (χ1n) is 9.35. The number of hydrogen-bond donors (Lipinski definition) is 1. The average Bonchev–Trinajstić information content (AvgIpc) is 3.24. The second kappa shape index (κ2) is 6.21. The van der Waals surface area contributed by atoms with E-state index in [2.05, 4.69) is 10.1 Å². The number of esters is 1. The molecule has 0 aromatic carbocycles. The van der Waals surface area contributed by atoms with Crippen molar-refractivity contribution in [2.24, 2.45) is 5.92 Å². The molecule has 2 aromatic heterocycles. The molecule has 8 heteroatoms. The Balaban J connectivity index is 1.56. The molecule has 2 fully saturated rings. The van der Waals surface area contributed by atoms with Gasteiger partial charge in [-0.1, -0.05) is 0 Å². The van der Waals surface area contributed by atoms with Gasteiger partial charge < -0.3 is 9.64 Å². The first kappa shape index (κ1) is 17.8. The van der Waals surface area contributed by atoms with Crippen molar-refractivity contribution in [3.8, 4) is 0 Å². The summed E-state index contributed by atoms with van der Waals surface area (Å²) in [4.78, 5) is 43.2. The molecule has 0 spiro atoms. The predicted molar refractivity (Wildman–Crippen MR) is 97.1 cm³/mol. The Morgan fingerprint density at radius 2 is 2.15 bits per heavy atom. The van der Waals surface area contributed by atoms with Gasteiger partial charge in [0, 0.05) is 37.2 Å². The number of aromatic nitrogens is 3. The van der Waals surface area contributed by atoms with E-state index in [-0.39, 0.29) is 35.8 Å². The van der Waals surface area contributed by atoms with Gasteiger partial charge in [0.1, 0.15) is 5.60 Å². The molecule has 8 nitrogen and oxygen atoms in total. The number of nitrogens with one attached hydrogen (secondary N) is 1. The van der Waals surface area contributed by atoms with Crippen LogP contribution in [0.15, 0.2) is 16.9 Å². The largest absolute Gasteiger partial charge is 0.459 e. The average molecular weight is 372 g/mol. The minimum absolute atomic E-state index is 0.0488. The van der Waals surface area contributed by atoms with Crippen LogP contribution in [0.1, 0.15) is 57.0 Å². The molecule has 2 aliphatic rings. The molecule has 0 bridgehead atoms. The summed E-state index contributed by atoms with van der Waals surface area (Å²) in [6, 6.07) is 3.17. The molecule has 2 saturated heterocycles. The molecule has 4 rings (SSSR count). The summed E-state index contributed by atoms with van der Waals surface area (Å²) in [7, 11) is 0. The zero-order valence-corrected chi connectivity index (χ0v) is 15.8. The van der Waals surface area contributed by atoms with Gasteiger partial charge in [-0.3, -0.25) is 19.5 Å². The number of aryl methyl sites for hydroxylation is 1. The maximum atomic E-state index is 12.9. The van der Waals surface area contributed by atoms with E-state index in [1.165, 1.54) is 10.6 Å². The summed E-state index contributed by atoms with van der Waals surface area (Å²) < 4.78 is 6.74. The van der Waals surface area contributed by atoms with Gasteiger partial charge in [-0.25, -0.2) is 9.50 Å². The number of aromatic amines is 1. The van der Waals surface area contributed by atoms with Gasteiger partial charge >= 0.3 is 5.97 Å². The topological polar surface area (TPSA) is 96.8 Å². The lowest BCUT2D eigenvalue weighted by molar-refractivity contribution is -0.150. The molecule has 4 heterocycles. The van der Waals surface area contributed by atoms with Gasteiger partial charge in [-0.2, -0.15) is 0 Å². The predicted octanol–water partition coefficient (Wildman–Crippen LogP) is 1.73. The lowest BCUT2D eigenvalue weighted by Gasteiger charge is -2.24. The number of likely N-dealkylation sites (tertiary alicyclic amines) is 1. The second-order valence-electron chi connectivity index (χ2n) is 8.17. The van der Waals surface area contributed by atoms with E-state index in [0.717, 1.165) is 18.5 Å². The molecule has 1 amide bonds. The number of amides is 1. The van der Waals surface area contributed by atoms with Crippen molar-refractivity contribution in [3.05, 3.63) is 33.9 Å². The van der Waals surface area contributed by atoms with Crippen LogP contribution in [0.25, 0.3) is 5.65 Å². The van der Waals surface area contributed by atoms with Crippen LogP contribution in [0.3, 0.4) is 0 Å². The quantitative estimate of drug-likeness (QED) is 0.828. The Bertz CT molecular complexity index is 974. The fourth-order valence-electron chi connectivity index (χ4n) is 4.25. The minimum atomic E-state index is -0.506. The monoisotopic (exact) mass is 372 g/mol. The van der Waals surface area contributed by atoms with Gasteiger partial charge in [0.15, 0.2) is 5.65 Å². The first-order valence-corrected chi connectivity index (χ1v) is 9.35. The lowest BCUT2D eigenvalue weighted by atomic mass is 9.94. The highest BCUT2D eigenvalue weighted by atomic mass is 16.6. The molecule has 2 unspecified atom stereocenters. The van der Waals surface area contributed by atoms with E-state index >= 15 is 0 Å². The number of rotatable bonds is 3. The summed E-state index contributed by atoms with van der Waals surface area (Å²) >= 11 is 0. The van der Waals surface area contributed by atoms with Gasteiger partial charge in [0.2, 0.25) is 5.91 Å². The molecular weight excluding hydrogens is 348 g/mol. The van der Waals surface area contributed by atoms with Crippen molar-refractivity contribution in [2.45, 2.75) is 58.1 Å². The van der Waals surface area contributed by atoms with E-state index < -0.39 is 5.60 Å². The molecular formula is C19H24N4O4. The van der Waals surface area contributed by atoms with E-state index in [1.807, 2.05) is 19.9 Å². The van der Waals surface area contributed by atoms with Crippen molar-refractivity contribution >= 4 is 17.5 Å². The van der Waals surface area contributed by atoms with Crippen LogP contribution in [0, 0.1) is 12.8 Å². The zero-order chi connectivity index (χ0) is 19.3. The summed E-state index contributed by atoms with van der Waals surface area (Å²) in [5, 5.41) is 3.09. The van der Waals surface area contributed by atoms with Crippen LogP contribution < -0.4 is 5.56 Å². The molecule has 2 aliphatic heterocycles. The third kappa shape index (κ3) is 3.24. The standard InChI is InChI=1S/C19H24N4O4/c1-11-7-17(25)23-15(20-11)9-13(21-23)14-5-4-6-22(14)16(24)8-12-10-19(2,3)27-18(12)26/h7,9,12,14,21H,4-6,8,10H2,1-3H3. The van der Waals surface area contributed by atoms with Crippen LogP contribution in [-0.2, 0) is 14.3 Å². The summed E-state index contributed by atoms with van der Waals surface area (Å²) in [5.74, 6) is -0.725. The molecule has 2 aromatic rings. The van der Waals surface area contributed by atoms with Crippen molar-refractivity contribution in [1.29, 1.82) is 0 Å². The van der Waals surface area contributed by atoms with Crippen molar-refractivity contribution in [2.75, 3.05) is 6.54 Å². The number of hydrogen-bond acceptors (Lipinski definition) is 5. The number of carbonyl (C=O) groups excluding carboxylic acids is 2. The van der Waals surface area contributed by atoms with Crippen LogP contribution in [-0.4, -0.2) is 43.5 Å². The molecule has 27 heavy (non-hydrogen) atoms. The summed E-state index contributed by atoms with van der Waals surface area (Å²) in [5.41, 5.74) is 1.33. The Morgan fingerprint density at radius 3 is 2.85 bits per heavy atom. The van der Waals surface area contributed by atoms with E-state index in [9.17, 15) is 14.4 Å². The Hall–Kier alpha value is -2.64. The number of fused-ring (bicyclic) bond motifs is 1. The van der Waals surface area contributed by atoms with Crippen LogP contribution in [0.4, 0.5) is 0 Å². The SMILES string of the molecule is Cc1cc(=O)n2[nH]c(C3CCCN3C(=O)CC3CC(C)(C)OC3=O)cc2n1.